The molecule has 0 bridgehead atoms. The minimum absolute atomic E-state index is 0.185. The summed E-state index contributed by atoms with van der Waals surface area (Å²) in [5.41, 5.74) is 5.24. The van der Waals surface area contributed by atoms with Crippen LogP contribution in [0.1, 0.15) is 40.5 Å². The van der Waals surface area contributed by atoms with Crippen LogP contribution in [0.3, 0.4) is 0 Å². The molecule has 3 aromatic rings. The molecule has 6 heteroatoms. The van der Waals surface area contributed by atoms with Gasteiger partial charge in [-0.1, -0.05) is 36.4 Å². The van der Waals surface area contributed by atoms with Crippen LogP contribution in [0.2, 0.25) is 0 Å². The fourth-order valence-corrected chi connectivity index (χ4v) is 4.81. The number of aryl methyl sites for hydroxylation is 1. The molecule has 3 heterocycles. The molecule has 5 rings (SSSR count). The molecule has 1 atom stereocenters. The summed E-state index contributed by atoms with van der Waals surface area (Å²) >= 11 is 0. The SMILES string of the molecule is CC(OC(=O)c1c2c(nc3ccccc13)CCN(C)C2)C(=O)N1CCCc2ccccc21. The van der Waals surface area contributed by atoms with Crippen molar-refractivity contribution in [3.63, 3.8) is 0 Å². The maximum atomic E-state index is 13.4. The Balaban J connectivity index is 1.46. The average molecular weight is 430 g/mol. The molecule has 0 fully saturated rings. The smallest absolute Gasteiger partial charge is 0.339 e. The summed E-state index contributed by atoms with van der Waals surface area (Å²) in [5.74, 6) is -0.642. The molecule has 2 aromatic carbocycles. The Labute approximate surface area is 187 Å². The quantitative estimate of drug-likeness (QED) is 0.594. The molecule has 1 aromatic heterocycles. The number of esters is 1. The molecule has 2 aliphatic heterocycles. The fourth-order valence-electron chi connectivity index (χ4n) is 4.81. The van der Waals surface area contributed by atoms with Crippen LogP contribution in [0.15, 0.2) is 48.5 Å². The monoisotopic (exact) mass is 429 g/mol. The van der Waals surface area contributed by atoms with Gasteiger partial charge in [-0.15, -0.1) is 0 Å². The number of likely N-dealkylation sites (N-methyl/N-ethyl adjacent to an activating group) is 1. The van der Waals surface area contributed by atoms with Gasteiger partial charge in [0.15, 0.2) is 6.10 Å². The Morgan fingerprint density at radius 1 is 1.03 bits per heavy atom. The number of aromatic nitrogens is 1. The molecule has 164 valence electrons. The zero-order chi connectivity index (χ0) is 22.2. The van der Waals surface area contributed by atoms with Crippen molar-refractivity contribution in [1.82, 2.24) is 9.88 Å². The van der Waals surface area contributed by atoms with Crippen molar-refractivity contribution >= 4 is 28.5 Å². The lowest BCUT2D eigenvalue weighted by Crippen LogP contribution is -2.43. The average Bonchev–Trinajstić information content (AvgIpc) is 2.81. The first kappa shape index (κ1) is 20.6. The van der Waals surface area contributed by atoms with Gasteiger partial charge < -0.3 is 14.5 Å². The maximum Gasteiger partial charge on any atom is 0.339 e. The van der Waals surface area contributed by atoms with Crippen molar-refractivity contribution in [3.05, 3.63) is 70.9 Å². The Kier molecular flexibility index (Phi) is 5.39. The molecular weight excluding hydrogens is 402 g/mol. The lowest BCUT2D eigenvalue weighted by Gasteiger charge is -2.31. The Bertz CT molecular complexity index is 1210. The number of ether oxygens (including phenoxy) is 1. The molecule has 32 heavy (non-hydrogen) atoms. The predicted molar refractivity (Wildman–Crippen MR) is 124 cm³/mol. The predicted octanol–water partition coefficient (Wildman–Crippen LogP) is 3.75. The van der Waals surface area contributed by atoms with E-state index in [9.17, 15) is 9.59 Å². The number of pyridine rings is 1. The number of amides is 1. The van der Waals surface area contributed by atoms with Gasteiger partial charge in [0.1, 0.15) is 0 Å². The van der Waals surface area contributed by atoms with E-state index in [0.717, 1.165) is 59.2 Å². The molecule has 2 aliphatic rings. The van der Waals surface area contributed by atoms with Gasteiger partial charge in [-0.05, 0) is 44.5 Å². The standard InChI is InChI=1S/C26H27N3O3/c1-17(25(30)29-14-7-9-18-8-3-6-12-23(18)29)32-26(31)24-19-10-4-5-11-21(19)27-22-13-15-28(2)16-20(22)24/h3-6,8,10-12,17H,7,9,13-16H2,1-2H3. The van der Waals surface area contributed by atoms with E-state index in [2.05, 4.69) is 11.0 Å². The van der Waals surface area contributed by atoms with Gasteiger partial charge in [0.05, 0.1) is 11.1 Å². The zero-order valence-electron chi connectivity index (χ0n) is 18.5. The molecule has 6 nitrogen and oxygen atoms in total. The third kappa shape index (κ3) is 3.65. The molecule has 1 amide bonds. The third-order valence-corrected chi connectivity index (χ3v) is 6.45. The number of hydrogen-bond donors (Lipinski definition) is 0. The molecule has 0 spiro atoms. The van der Waals surface area contributed by atoms with Crippen LogP contribution in [0.4, 0.5) is 5.69 Å². The molecule has 0 N–H and O–H groups in total. The first-order valence-electron chi connectivity index (χ1n) is 11.2. The van der Waals surface area contributed by atoms with Gasteiger partial charge in [0.2, 0.25) is 0 Å². The normalized spacial score (nSPS) is 16.9. The minimum atomic E-state index is -0.877. The number of nitrogens with zero attached hydrogens (tertiary/aromatic N) is 3. The van der Waals surface area contributed by atoms with Crippen LogP contribution in [-0.2, 0) is 28.9 Å². The van der Waals surface area contributed by atoms with Gasteiger partial charge in [-0.25, -0.2) is 4.79 Å². The van der Waals surface area contributed by atoms with Crippen molar-refractivity contribution in [2.45, 2.75) is 38.8 Å². The Hall–Kier alpha value is -3.25. The van der Waals surface area contributed by atoms with E-state index in [1.165, 1.54) is 0 Å². The molecule has 0 saturated heterocycles. The van der Waals surface area contributed by atoms with E-state index in [1.807, 2.05) is 49.5 Å². The summed E-state index contributed by atoms with van der Waals surface area (Å²) in [4.78, 5) is 35.4. The van der Waals surface area contributed by atoms with Crippen LogP contribution < -0.4 is 4.90 Å². The number of rotatable bonds is 3. The summed E-state index contributed by atoms with van der Waals surface area (Å²) in [5, 5.41) is 0.773. The minimum Gasteiger partial charge on any atom is -0.449 e. The zero-order valence-corrected chi connectivity index (χ0v) is 18.5. The first-order chi connectivity index (χ1) is 15.5. The highest BCUT2D eigenvalue weighted by Gasteiger charge is 2.31. The van der Waals surface area contributed by atoms with E-state index in [4.69, 9.17) is 9.72 Å². The number of hydrogen-bond acceptors (Lipinski definition) is 5. The van der Waals surface area contributed by atoms with Crippen LogP contribution in [-0.4, -0.2) is 48.0 Å². The van der Waals surface area contributed by atoms with E-state index in [-0.39, 0.29) is 5.91 Å². The topological polar surface area (TPSA) is 62.7 Å². The molecule has 0 radical (unpaired) electrons. The lowest BCUT2D eigenvalue weighted by atomic mass is 9.96. The summed E-state index contributed by atoms with van der Waals surface area (Å²) in [7, 11) is 2.03. The molecule has 0 aliphatic carbocycles. The fraction of sp³-hybridized carbons (Fsp3) is 0.346. The van der Waals surface area contributed by atoms with Crippen LogP contribution in [0.5, 0.6) is 0 Å². The number of carbonyl (C=O) groups excluding carboxylic acids is 2. The van der Waals surface area contributed by atoms with Crippen LogP contribution >= 0.6 is 0 Å². The van der Waals surface area contributed by atoms with Crippen molar-refractivity contribution < 1.29 is 14.3 Å². The highest BCUT2D eigenvalue weighted by molar-refractivity contribution is 6.06. The van der Waals surface area contributed by atoms with Gasteiger partial charge in [0.25, 0.3) is 5.91 Å². The number of para-hydroxylation sites is 2. The number of carbonyl (C=O) groups is 2. The second-order valence-electron chi connectivity index (χ2n) is 8.69. The maximum absolute atomic E-state index is 13.4. The molecule has 1 unspecified atom stereocenters. The largest absolute Gasteiger partial charge is 0.449 e. The summed E-state index contributed by atoms with van der Waals surface area (Å²) in [6, 6.07) is 15.6. The summed E-state index contributed by atoms with van der Waals surface area (Å²) in [6.07, 6.45) is 1.77. The lowest BCUT2D eigenvalue weighted by molar-refractivity contribution is -0.126. The van der Waals surface area contributed by atoms with E-state index < -0.39 is 12.1 Å². The van der Waals surface area contributed by atoms with Gasteiger partial charge in [0, 0.05) is 48.4 Å². The second-order valence-corrected chi connectivity index (χ2v) is 8.69. The van der Waals surface area contributed by atoms with Crippen molar-refractivity contribution in [1.29, 1.82) is 0 Å². The van der Waals surface area contributed by atoms with Crippen molar-refractivity contribution in [3.8, 4) is 0 Å². The van der Waals surface area contributed by atoms with E-state index in [1.54, 1.807) is 11.8 Å². The van der Waals surface area contributed by atoms with Crippen molar-refractivity contribution in [2.75, 3.05) is 25.0 Å². The number of anilines is 1. The number of benzene rings is 2. The molecule has 0 saturated carbocycles. The third-order valence-electron chi connectivity index (χ3n) is 6.45. The van der Waals surface area contributed by atoms with E-state index in [0.29, 0.717) is 18.7 Å². The van der Waals surface area contributed by atoms with Crippen LogP contribution in [0.25, 0.3) is 10.9 Å². The molecular formula is C26H27N3O3. The van der Waals surface area contributed by atoms with Gasteiger partial charge >= 0.3 is 5.97 Å². The van der Waals surface area contributed by atoms with E-state index >= 15 is 0 Å². The van der Waals surface area contributed by atoms with Gasteiger partial charge in [-0.3, -0.25) is 9.78 Å². The summed E-state index contributed by atoms with van der Waals surface area (Å²) in [6.45, 7) is 3.84. The highest BCUT2D eigenvalue weighted by atomic mass is 16.5. The van der Waals surface area contributed by atoms with Gasteiger partial charge in [-0.2, -0.15) is 0 Å². The summed E-state index contributed by atoms with van der Waals surface area (Å²) < 4.78 is 5.80. The first-order valence-corrected chi connectivity index (χ1v) is 11.2. The van der Waals surface area contributed by atoms with Crippen molar-refractivity contribution in [2.24, 2.45) is 0 Å². The second kappa shape index (κ2) is 8.36. The Morgan fingerprint density at radius 3 is 2.69 bits per heavy atom. The highest BCUT2D eigenvalue weighted by Crippen LogP contribution is 2.30. The van der Waals surface area contributed by atoms with Crippen LogP contribution in [0, 0.1) is 0 Å². The Morgan fingerprint density at radius 2 is 1.81 bits per heavy atom. The number of fused-ring (bicyclic) bond motifs is 3.